The smallest absolute Gasteiger partial charge is 0.330 e. The lowest BCUT2D eigenvalue weighted by molar-refractivity contribution is -0.176. The molecule has 9 unspecified atom stereocenters. The van der Waals surface area contributed by atoms with E-state index in [1.807, 2.05) is 0 Å². The second-order valence-electron chi connectivity index (χ2n) is 11.8. The second kappa shape index (κ2) is 8.33. The molecule has 0 heterocycles. The molecule has 0 saturated heterocycles. The Labute approximate surface area is 193 Å². The fraction of sp³-hybridized carbons (Fsp3) is 0.786. The Kier molecular flexibility index (Phi) is 5.78. The summed E-state index contributed by atoms with van der Waals surface area (Å²) in [5.41, 5.74) is -0.704. The van der Waals surface area contributed by atoms with Crippen LogP contribution in [-0.4, -0.2) is 23.1 Å². The molecule has 2 bridgehead atoms. The number of carbonyl (C=O) groups is 2. The van der Waals surface area contributed by atoms with Crippen molar-refractivity contribution >= 4 is 11.9 Å². The minimum absolute atomic E-state index is 0.247. The molecule has 5 saturated carbocycles. The Morgan fingerprint density at radius 1 is 0.875 bits per heavy atom. The minimum atomic E-state index is -0.400. The number of carbonyl (C=O) groups excluding carboxylic acids is 2. The molecule has 0 aliphatic heterocycles. The van der Waals surface area contributed by atoms with Gasteiger partial charge in [-0.3, -0.25) is 0 Å². The molecule has 5 aliphatic carbocycles. The van der Waals surface area contributed by atoms with Gasteiger partial charge in [0.2, 0.25) is 0 Å². The second-order valence-corrected chi connectivity index (χ2v) is 11.8. The standard InChI is InChI=1S/C28H40O4/c1-4-25(29)31-27(3)13-7-8-19-12-11-18(14-23(19)27)16-28(32-26(30)5-2)17-20-15-24(28)22-10-6-9-21(20)22/h4-5,18-24H,1-2,6-17H2,3H3. The third-order valence-corrected chi connectivity index (χ3v) is 10.3. The van der Waals surface area contributed by atoms with E-state index in [0.717, 1.165) is 49.9 Å². The van der Waals surface area contributed by atoms with Crippen molar-refractivity contribution in [2.75, 3.05) is 0 Å². The fourth-order valence-electron chi connectivity index (χ4n) is 9.24. The van der Waals surface area contributed by atoms with Crippen molar-refractivity contribution in [3.63, 3.8) is 0 Å². The van der Waals surface area contributed by atoms with Crippen LogP contribution in [0.2, 0.25) is 0 Å². The van der Waals surface area contributed by atoms with Crippen LogP contribution >= 0.6 is 0 Å². The highest BCUT2D eigenvalue weighted by molar-refractivity contribution is 5.82. The highest BCUT2D eigenvalue weighted by Gasteiger charge is 2.63. The van der Waals surface area contributed by atoms with Crippen molar-refractivity contribution in [2.24, 2.45) is 41.4 Å². The molecule has 9 atom stereocenters. The van der Waals surface area contributed by atoms with Crippen molar-refractivity contribution in [2.45, 2.75) is 95.2 Å². The van der Waals surface area contributed by atoms with E-state index in [1.54, 1.807) is 0 Å². The number of ether oxygens (including phenoxy) is 2. The third kappa shape index (κ3) is 3.66. The van der Waals surface area contributed by atoms with Crippen molar-refractivity contribution in [1.82, 2.24) is 0 Å². The van der Waals surface area contributed by atoms with Crippen LogP contribution in [0.25, 0.3) is 0 Å². The van der Waals surface area contributed by atoms with Gasteiger partial charge in [0.15, 0.2) is 0 Å². The zero-order chi connectivity index (χ0) is 22.5. The summed E-state index contributed by atoms with van der Waals surface area (Å²) in [4.78, 5) is 24.6. The molecule has 176 valence electrons. The zero-order valence-corrected chi connectivity index (χ0v) is 19.7. The van der Waals surface area contributed by atoms with Crippen LogP contribution in [0, 0.1) is 41.4 Å². The number of hydrogen-bond donors (Lipinski definition) is 0. The van der Waals surface area contributed by atoms with Gasteiger partial charge in [0.05, 0.1) is 0 Å². The van der Waals surface area contributed by atoms with E-state index in [-0.39, 0.29) is 17.5 Å². The maximum absolute atomic E-state index is 12.5. The van der Waals surface area contributed by atoms with Crippen LogP contribution in [0.1, 0.15) is 84.0 Å². The van der Waals surface area contributed by atoms with Crippen LogP contribution in [0.15, 0.2) is 25.3 Å². The first kappa shape index (κ1) is 22.2. The minimum Gasteiger partial charge on any atom is -0.456 e. The lowest BCUT2D eigenvalue weighted by atomic mass is 9.59. The van der Waals surface area contributed by atoms with Crippen LogP contribution in [-0.2, 0) is 19.1 Å². The Balaban J connectivity index is 1.35. The maximum atomic E-state index is 12.5. The van der Waals surface area contributed by atoms with Crippen LogP contribution in [0.3, 0.4) is 0 Å². The predicted octanol–water partition coefficient (Wildman–Crippen LogP) is 6.00. The van der Waals surface area contributed by atoms with Crippen LogP contribution in [0.4, 0.5) is 0 Å². The van der Waals surface area contributed by atoms with E-state index in [0.29, 0.717) is 23.7 Å². The Hall–Kier alpha value is -1.58. The largest absolute Gasteiger partial charge is 0.456 e. The van der Waals surface area contributed by atoms with Gasteiger partial charge in [0.25, 0.3) is 0 Å². The molecule has 0 aromatic rings. The van der Waals surface area contributed by atoms with Crippen molar-refractivity contribution in [1.29, 1.82) is 0 Å². The molecule has 0 amide bonds. The van der Waals surface area contributed by atoms with Crippen molar-refractivity contribution < 1.29 is 19.1 Å². The number of fused-ring (bicyclic) bond motifs is 6. The average molecular weight is 441 g/mol. The van der Waals surface area contributed by atoms with Gasteiger partial charge in [-0.15, -0.1) is 0 Å². The summed E-state index contributed by atoms with van der Waals surface area (Å²) in [7, 11) is 0. The molecular formula is C28H40O4. The molecule has 32 heavy (non-hydrogen) atoms. The summed E-state index contributed by atoms with van der Waals surface area (Å²) in [5.74, 6) is 3.87. The summed E-state index contributed by atoms with van der Waals surface area (Å²) < 4.78 is 12.3. The van der Waals surface area contributed by atoms with E-state index in [2.05, 4.69) is 20.1 Å². The first-order chi connectivity index (χ1) is 15.4. The highest BCUT2D eigenvalue weighted by Crippen LogP contribution is 2.65. The van der Waals surface area contributed by atoms with E-state index in [1.165, 1.54) is 57.1 Å². The SMILES string of the molecule is C=CC(=O)OC1(C)CCCC2CCC(CC3(OC(=O)C=C)CC4CC3C3CCCC43)CC21. The molecule has 4 nitrogen and oxygen atoms in total. The van der Waals surface area contributed by atoms with Gasteiger partial charge in [0.1, 0.15) is 11.2 Å². The van der Waals surface area contributed by atoms with E-state index < -0.39 is 5.60 Å². The quantitative estimate of drug-likeness (QED) is 0.375. The lowest BCUT2D eigenvalue weighted by Gasteiger charge is -2.51. The van der Waals surface area contributed by atoms with Gasteiger partial charge in [0, 0.05) is 24.0 Å². The molecule has 5 aliphatic rings. The van der Waals surface area contributed by atoms with Gasteiger partial charge < -0.3 is 9.47 Å². The van der Waals surface area contributed by atoms with Gasteiger partial charge >= 0.3 is 11.9 Å². The molecule has 0 radical (unpaired) electrons. The highest BCUT2D eigenvalue weighted by atomic mass is 16.6. The normalized spacial score (nSPS) is 46.7. The van der Waals surface area contributed by atoms with E-state index in [4.69, 9.17) is 9.47 Å². The molecule has 0 aromatic carbocycles. The van der Waals surface area contributed by atoms with Gasteiger partial charge in [-0.2, -0.15) is 0 Å². The lowest BCUT2D eigenvalue weighted by Crippen LogP contribution is -2.51. The predicted molar refractivity (Wildman–Crippen MR) is 124 cm³/mol. The summed E-state index contributed by atoms with van der Waals surface area (Å²) in [6.07, 6.45) is 16.7. The Bertz CT molecular complexity index is 788. The third-order valence-electron chi connectivity index (χ3n) is 10.3. The fourth-order valence-corrected chi connectivity index (χ4v) is 9.24. The topological polar surface area (TPSA) is 52.6 Å². The van der Waals surface area contributed by atoms with Gasteiger partial charge in [-0.05, 0) is 101 Å². The molecular weight excluding hydrogens is 400 g/mol. The molecule has 0 aromatic heterocycles. The summed E-state index contributed by atoms with van der Waals surface area (Å²) in [6, 6.07) is 0. The molecule has 4 heteroatoms. The van der Waals surface area contributed by atoms with E-state index in [9.17, 15) is 9.59 Å². The van der Waals surface area contributed by atoms with Gasteiger partial charge in [-0.25, -0.2) is 9.59 Å². The Morgan fingerprint density at radius 2 is 1.62 bits per heavy atom. The summed E-state index contributed by atoms with van der Waals surface area (Å²) >= 11 is 0. The molecule has 0 spiro atoms. The number of hydrogen-bond acceptors (Lipinski definition) is 4. The first-order valence-corrected chi connectivity index (χ1v) is 13.1. The van der Waals surface area contributed by atoms with E-state index >= 15 is 0 Å². The maximum Gasteiger partial charge on any atom is 0.330 e. The summed E-state index contributed by atoms with van der Waals surface area (Å²) in [6.45, 7) is 9.43. The van der Waals surface area contributed by atoms with Crippen molar-refractivity contribution in [3.8, 4) is 0 Å². The average Bonchev–Trinajstić information content (AvgIpc) is 3.47. The summed E-state index contributed by atoms with van der Waals surface area (Å²) in [5, 5.41) is 0. The first-order valence-electron chi connectivity index (χ1n) is 13.1. The molecule has 5 fully saturated rings. The number of esters is 2. The van der Waals surface area contributed by atoms with Crippen LogP contribution in [0.5, 0.6) is 0 Å². The van der Waals surface area contributed by atoms with Crippen LogP contribution < -0.4 is 0 Å². The van der Waals surface area contributed by atoms with Gasteiger partial charge in [-0.1, -0.05) is 26.0 Å². The molecule has 5 rings (SSSR count). The number of rotatable bonds is 6. The monoisotopic (exact) mass is 440 g/mol. The molecule has 0 N–H and O–H groups in total. The van der Waals surface area contributed by atoms with Crippen molar-refractivity contribution in [3.05, 3.63) is 25.3 Å². The zero-order valence-electron chi connectivity index (χ0n) is 19.7. The Morgan fingerprint density at radius 3 is 2.41 bits per heavy atom.